The van der Waals surface area contributed by atoms with Gasteiger partial charge in [-0.15, -0.1) is 0 Å². The van der Waals surface area contributed by atoms with Crippen molar-refractivity contribution in [1.82, 2.24) is 14.9 Å². The maximum absolute atomic E-state index is 13.1. The van der Waals surface area contributed by atoms with Crippen LogP contribution in [-0.2, 0) is 0 Å². The molecule has 5 aromatic rings. The smallest absolute Gasteiger partial charge is 0.430 e. The number of hydrogen-bond donors (Lipinski definition) is 2. The standard InChI is InChI=1S/C29H22N4O6/c1-30-27(34)32-16-14-20-11-12-21(17-24(20)32)38-22-13-15-31-26(18-22)33(28(35)36)29(37)39-25-10-6-5-9-23(25)19-7-3-2-4-8-19/h2-18H,1H3,(H,30,34)(H,35,36). The van der Waals surface area contributed by atoms with Gasteiger partial charge in [-0.25, -0.2) is 19.4 Å². The molecular weight excluding hydrogens is 500 g/mol. The molecule has 10 heteroatoms. The molecule has 0 unspecified atom stereocenters. The summed E-state index contributed by atoms with van der Waals surface area (Å²) in [5.41, 5.74) is 2.04. The van der Waals surface area contributed by atoms with Crippen molar-refractivity contribution < 1.29 is 29.0 Å². The first-order chi connectivity index (χ1) is 18.9. The van der Waals surface area contributed by atoms with E-state index in [0.29, 0.717) is 21.7 Å². The number of hydrogen-bond acceptors (Lipinski definition) is 6. The van der Waals surface area contributed by atoms with Crippen molar-refractivity contribution in [3.8, 4) is 28.4 Å². The number of aromatic nitrogens is 2. The zero-order valence-electron chi connectivity index (χ0n) is 20.6. The number of amides is 3. The van der Waals surface area contributed by atoms with Crippen LogP contribution in [0.25, 0.3) is 22.0 Å². The molecule has 0 atom stereocenters. The minimum absolute atomic E-state index is 0.194. The third-order valence-electron chi connectivity index (χ3n) is 5.82. The largest absolute Gasteiger partial charge is 0.464 e. The van der Waals surface area contributed by atoms with Gasteiger partial charge in [0, 0.05) is 42.5 Å². The predicted octanol–water partition coefficient (Wildman–Crippen LogP) is 6.37. The normalized spacial score (nSPS) is 10.6. The number of nitrogens with zero attached hydrogens (tertiary/aromatic N) is 3. The molecule has 3 aromatic carbocycles. The van der Waals surface area contributed by atoms with Gasteiger partial charge < -0.3 is 19.9 Å². The fraction of sp³-hybridized carbons (Fsp3) is 0.0345. The van der Waals surface area contributed by atoms with Crippen molar-refractivity contribution in [3.05, 3.63) is 103 Å². The van der Waals surface area contributed by atoms with Crippen molar-refractivity contribution in [2.24, 2.45) is 0 Å². The third kappa shape index (κ3) is 5.25. The highest BCUT2D eigenvalue weighted by Gasteiger charge is 2.28. The number of ether oxygens (including phenoxy) is 2. The molecule has 0 saturated heterocycles. The second-order valence-corrected chi connectivity index (χ2v) is 8.26. The minimum Gasteiger partial charge on any atom is -0.464 e. The van der Waals surface area contributed by atoms with Crippen molar-refractivity contribution in [3.63, 3.8) is 0 Å². The fourth-order valence-electron chi connectivity index (χ4n) is 4.01. The van der Waals surface area contributed by atoms with E-state index in [1.54, 1.807) is 54.7 Å². The van der Waals surface area contributed by atoms with Crippen LogP contribution in [0.4, 0.5) is 20.2 Å². The quantitative estimate of drug-likeness (QED) is 0.275. The summed E-state index contributed by atoms with van der Waals surface area (Å²) < 4.78 is 12.9. The van der Waals surface area contributed by atoms with Crippen LogP contribution in [0.5, 0.6) is 17.2 Å². The Kier molecular flexibility index (Phi) is 6.91. The van der Waals surface area contributed by atoms with Gasteiger partial charge in [-0.1, -0.05) is 48.5 Å². The Balaban J connectivity index is 1.41. The lowest BCUT2D eigenvalue weighted by Crippen LogP contribution is -2.38. The summed E-state index contributed by atoms with van der Waals surface area (Å²) in [5, 5.41) is 13.2. The molecule has 0 bridgehead atoms. The summed E-state index contributed by atoms with van der Waals surface area (Å²) in [5.74, 6) is 0.600. The topological polar surface area (TPSA) is 123 Å². The molecule has 5 rings (SSSR count). The summed E-state index contributed by atoms with van der Waals surface area (Å²) in [6.45, 7) is 0. The first kappa shape index (κ1) is 25.0. The number of pyridine rings is 1. The van der Waals surface area contributed by atoms with Crippen LogP contribution in [0, 0.1) is 0 Å². The van der Waals surface area contributed by atoms with Crippen LogP contribution in [0.2, 0.25) is 0 Å². The Labute approximate surface area is 222 Å². The molecule has 0 aliphatic carbocycles. The van der Waals surface area contributed by atoms with Crippen LogP contribution in [-0.4, -0.2) is 39.9 Å². The number of fused-ring (bicyclic) bond motifs is 1. The predicted molar refractivity (Wildman–Crippen MR) is 145 cm³/mol. The number of carbonyl (C=O) groups is 3. The molecule has 2 heterocycles. The lowest BCUT2D eigenvalue weighted by molar-refractivity contribution is 0.187. The minimum atomic E-state index is -1.58. The molecule has 0 radical (unpaired) electrons. The summed E-state index contributed by atoms with van der Waals surface area (Å²) in [7, 11) is 1.53. The fourth-order valence-corrected chi connectivity index (χ4v) is 4.01. The average molecular weight is 523 g/mol. The van der Waals surface area contributed by atoms with Gasteiger partial charge in [0.15, 0.2) is 5.82 Å². The first-order valence-electron chi connectivity index (χ1n) is 11.8. The van der Waals surface area contributed by atoms with Crippen LogP contribution < -0.4 is 19.7 Å². The molecule has 194 valence electrons. The van der Waals surface area contributed by atoms with Gasteiger partial charge in [0.1, 0.15) is 17.2 Å². The third-order valence-corrected chi connectivity index (χ3v) is 5.82. The number of benzene rings is 3. The van der Waals surface area contributed by atoms with Gasteiger partial charge in [0.25, 0.3) is 0 Å². The number of carbonyl (C=O) groups excluding carboxylic acids is 2. The monoisotopic (exact) mass is 522 g/mol. The Morgan fingerprint density at radius 1 is 0.897 bits per heavy atom. The second-order valence-electron chi connectivity index (χ2n) is 8.26. The Morgan fingerprint density at radius 2 is 1.64 bits per heavy atom. The van der Waals surface area contributed by atoms with E-state index >= 15 is 0 Å². The molecular formula is C29H22N4O6. The Bertz CT molecular complexity index is 1680. The summed E-state index contributed by atoms with van der Waals surface area (Å²) in [4.78, 5) is 41.7. The molecule has 39 heavy (non-hydrogen) atoms. The van der Waals surface area contributed by atoms with Crippen molar-refractivity contribution >= 4 is 34.9 Å². The summed E-state index contributed by atoms with van der Waals surface area (Å²) >= 11 is 0. The number of nitrogens with one attached hydrogen (secondary N) is 1. The van der Waals surface area contributed by atoms with Crippen molar-refractivity contribution in [2.45, 2.75) is 0 Å². The number of carboxylic acid groups (broad SMARTS) is 1. The van der Waals surface area contributed by atoms with Crippen LogP contribution in [0.15, 0.2) is 103 Å². The van der Waals surface area contributed by atoms with E-state index < -0.39 is 12.2 Å². The van der Waals surface area contributed by atoms with Gasteiger partial charge in [-0.05, 0) is 35.9 Å². The maximum atomic E-state index is 13.1. The number of imide groups is 1. The van der Waals surface area contributed by atoms with Gasteiger partial charge in [0.2, 0.25) is 0 Å². The van der Waals surface area contributed by atoms with Crippen LogP contribution in [0.1, 0.15) is 0 Å². The molecule has 3 amide bonds. The van der Waals surface area contributed by atoms with Gasteiger partial charge in [0.05, 0.1) is 5.52 Å². The van der Waals surface area contributed by atoms with Gasteiger partial charge >= 0.3 is 18.2 Å². The number of anilines is 1. The van der Waals surface area contributed by atoms with E-state index in [-0.39, 0.29) is 23.3 Å². The first-order valence-corrected chi connectivity index (χ1v) is 11.8. The zero-order chi connectivity index (χ0) is 27.4. The number of para-hydroxylation sites is 1. The Morgan fingerprint density at radius 3 is 2.41 bits per heavy atom. The highest BCUT2D eigenvalue weighted by Crippen LogP contribution is 2.31. The van der Waals surface area contributed by atoms with Crippen molar-refractivity contribution in [2.75, 3.05) is 11.9 Å². The molecule has 0 saturated carbocycles. The lowest BCUT2D eigenvalue weighted by Gasteiger charge is -2.18. The van der Waals surface area contributed by atoms with E-state index in [0.717, 1.165) is 10.9 Å². The summed E-state index contributed by atoms with van der Waals surface area (Å²) in [6, 6.07) is 25.6. The van der Waals surface area contributed by atoms with Crippen molar-refractivity contribution in [1.29, 1.82) is 0 Å². The van der Waals surface area contributed by atoms with E-state index in [1.807, 2.05) is 30.3 Å². The van der Waals surface area contributed by atoms with E-state index in [2.05, 4.69) is 10.3 Å². The van der Waals surface area contributed by atoms with E-state index in [1.165, 1.54) is 29.9 Å². The van der Waals surface area contributed by atoms with Gasteiger partial charge in [-0.3, -0.25) is 4.57 Å². The highest BCUT2D eigenvalue weighted by molar-refractivity contribution is 6.08. The molecule has 0 aliphatic rings. The molecule has 2 N–H and O–H groups in total. The summed E-state index contributed by atoms with van der Waals surface area (Å²) in [6.07, 6.45) is 0.230. The van der Waals surface area contributed by atoms with Crippen LogP contribution >= 0.6 is 0 Å². The molecule has 0 aliphatic heterocycles. The van der Waals surface area contributed by atoms with Crippen LogP contribution in [0.3, 0.4) is 0 Å². The average Bonchev–Trinajstić information content (AvgIpc) is 3.37. The number of rotatable bonds is 5. The SMILES string of the molecule is CNC(=O)n1ccc2ccc(Oc3ccnc(N(C(=O)O)C(=O)Oc4ccccc4-c4ccccc4)c3)cc21. The zero-order valence-corrected chi connectivity index (χ0v) is 20.6. The van der Waals surface area contributed by atoms with E-state index in [9.17, 15) is 19.5 Å². The van der Waals surface area contributed by atoms with Gasteiger partial charge in [-0.2, -0.15) is 4.90 Å². The lowest BCUT2D eigenvalue weighted by atomic mass is 10.1. The molecule has 0 fully saturated rings. The molecule has 10 nitrogen and oxygen atoms in total. The highest BCUT2D eigenvalue weighted by atomic mass is 16.6. The Hall–Kier alpha value is -5.64. The molecule has 2 aromatic heterocycles. The molecule has 0 spiro atoms. The maximum Gasteiger partial charge on any atom is 0.430 e. The second kappa shape index (κ2) is 10.8. The van der Waals surface area contributed by atoms with E-state index in [4.69, 9.17) is 9.47 Å².